The second kappa shape index (κ2) is 22.5. The Bertz CT molecular complexity index is 537. The molecule has 0 amide bonds. The first-order valence-electron chi connectivity index (χ1n) is 13.7. The van der Waals surface area contributed by atoms with E-state index < -0.39 is 11.7 Å². The summed E-state index contributed by atoms with van der Waals surface area (Å²) in [6, 6.07) is 0. The highest BCUT2D eigenvalue weighted by atomic mass is 19.2. The van der Waals surface area contributed by atoms with E-state index in [1.54, 1.807) is 6.92 Å². The molecule has 4 unspecified atom stereocenters. The average Bonchev–Trinajstić information content (AvgIpc) is 2.86. The van der Waals surface area contributed by atoms with Gasteiger partial charge in [-0.3, -0.25) is 0 Å². The number of methoxy groups -OCH3 is 1. The van der Waals surface area contributed by atoms with Crippen LogP contribution in [0.1, 0.15) is 120 Å². The lowest BCUT2D eigenvalue weighted by Crippen LogP contribution is -2.29. The number of halogens is 2. The van der Waals surface area contributed by atoms with Crippen molar-refractivity contribution < 1.29 is 23.0 Å². The molecule has 4 atom stereocenters. The maximum absolute atomic E-state index is 14.2. The molecular formula is C29H56F2O3. The van der Waals surface area contributed by atoms with Gasteiger partial charge < -0.3 is 14.2 Å². The van der Waals surface area contributed by atoms with E-state index in [-0.39, 0.29) is 17.8 Å². The zero-order valence-electron chi connectivity index (χ0n) is 24.1. The molecule has 1 fully saturated rings. The SMILES string of the molecule is CC.CCC.CCCCCC1CCC(COC(C)CCC(C)/C(C)=C(F)/C(F)=C(\C)OC)CO1. The Balaban J connectivity index is 0. The van der Waals surface area contributed by atoms with Gasteiger partial charge in [-0.25, -0.2) is 8.78 Å². The summed E-state index contributed by atoms with van der Waals surface area (Å²) in [5, 5.41) is 0. The monoisotopic (exact) mass is 490 g/mol. The van der Waals surface area contributed by atoms with Crippen molar-refractivity contribution in [3.63, 3.8) is 0 Å². The standard InChI is InChI=1S/C24H42F2O3.C3H8.C2H6/c1-7-8-9-10-22-14-13-21(16-29-22)15-28-18(3)12-11-17(2)19(4)23(25)24(26)20(5)27-6;1-3-2;1-2/h17-18,21-22H,7-16H2,1-6H3;3H2,1-2H3;1-2H3/b23-19-,24-20-;;. The molecule has 0 aromatic heterocycles. The van der Waals surface area contributed by atoms with Gasteiger partial charge in [0.25, 0.3) is 0 Å². The highest BCUT2D eigenvalue weighted by Gasteiger charge is 2.22. The fourth-order valence-electron chi connectivity index (χ4n) is 3.56. The molecule has 204 valence electrons. The van der Waals surface area contributed by atoms with Crippen LogP contribution in [0.4, 0.5) is 8.78 Å². The van der Waals surface area contributed by atoms with Crippen molar-refractivity contribution in [3.05, 3.63) is 23.0 Å². The van der Waals surface area contributed by atoms with Crippen LogP contribution < -0.4 is 0 Å². The fourth-order valence-corrected chi connectivity index (χ4v) is 3.56. The van der Waals surface area contributed by atoms with Gasteiger partial charge in [0.2, 0.25) is 0 Å². The van der Waals surface area contributed by atoms with E-state index >= 15 is 0 Å². The summed E-state index contributed by atoms with van der Waals surface area (Å²) < 4.78 is 45.0. The third kappa shape index (κ3) is 15.9. The van der Waals surface area contributed by atoms with Crippen LogP contribution in [0.2, 0.25) is 0 Å². The first-order chi connectivity index (χ1) is 16.2. The van der Waals surface area contributed by atoms with Crippen molar-refractivity contribution in [2.24, 2.45) is 11.8 Å². The predicted molar refractivity (Wildman–Crippen MR) is 142 cm³/mol. The lowest BCUT2D eigenvalue weighted by Gasteiger charge is -2.30. The normalized spacial score (nSPS) is 21.1. The van der Waals surface area contributed by atoms with E-state index in [1.807, 2.05) is 20.8 Å². The molecule has 1 aliphatic rings. The molecular weight excluding hydrogens is 434 g/mol. The van der Waals surface area contributed by atoms with Crippen LogP contribution in [0.5, 0.6) is 0 Å². The van der Waals surface area contributed by atoms with Crippen molar-refractivity contribution in [3.8, 4) is 0 Å². The van der Waals surface area contributed by atoms with Crippen molar-refractivity contribution in [2.45, 2.75) is 132 Å². The van der Waals surface area contributed by atoms with Crippen LogP contribution in [0, 0.1) is 11.8 Å². The molecule has 3 nitrogen and oxygen atoms in total. The molecule has 0 bridgehead atoms. The highest BCUT2D eigenvalue weighted by Crippen LogP contribution is 2.29. The molecule has 0 radical (unpaired) electrons. The van der Waals surface area contributed by atoms with E-state index in [4.69, 9.17) is 14.2 Å². The van der Waals surface area contributed by atoms with Gasteiger partial charge in [-0.2, -0.15) is 0 Å². The lowest BCUT2D eigenvalue weighted by atomic mass is 9.94. The van der Waals surface area contributed by atoms with Gasteiger partial charge in [0, 0.05) is 5.92 Å². The molecule has 0 aromatic rings. The predicted octanol–water partition coefficient (Wildman–Crippen LogP) is 9.72. The van der Waals surface area contributed by atoms with E-state index in [0.29, 0.717) is 24.2 Å². The Morgan fingerprint density at radius 2 is 1.59 bits per heavy atom. The van der Waals surface area contributed by atoms with E-state index in [1.165, 1.54) is 46.1 Å². The largest absolute Gasteiger partial charge is 0.498 e. The maximum atomic E-state index is 14.2. The number of allylic oxidation sites excluding steroid dienone is 4. The summed E-state index contributed by atoms with van der Waals surface area (Å²) in [4.78, 5) is 0. The molecule has 0 aromatic carbocycles. The topological polar surface area (TPSA) is 27.7 Å². The Hall–Kier alpha value is -0.940. The minimum Gasteiger partial charge on any atom is -0.498 e. The first-order valence-corrected chi connectivity index (χ1v) is 13.7. The van der Waals surface area contributed by atoms with Gasteiger partial charge in [0.1, 0.15) is 5.76 Å². The average molecular weight is 491 g/mol. The van der Waals surface area contributed by atoms with E-state index in [9.17, 15) is 8.78 Å². The van der Waals surface area contributed by atoms with Crippen LogP contribution >= 0.6 is 0 Å². The second-order valence-corrected chi connectivity index (χ2v) is 9.30. The van der Waals surface area contributed by atoms with E-state index in [0.717, 1.165) is 32.3 Å². The maximum Gasteiger partial charge on any atom is 0.195 e. The summed E-state index contributed by atoms with van der Waals surface area (Å²) in [7, 11) is 1.34. The van der Waals surface area contributed by atoms with Crippen molar-refractivity contribution >= 4 is 0 Å². The van der Waals surface area contributed by atoms with Gasteiger partial charge >= 0.3 is 0 Å². The minimum atomic E-state index is -0.911. The van der Waals surface area contributed by atoms with Crippen LogP contribution in [0.25, 0.3) is 0 Å². The van der Waals surface area contributed by atoms with E-state index in [2.05, 4.69) is 27.7 Å². The van der Waals surface area contributed by atoms with Gasteiger partial charge in [-0.1, -0.05) is 67.2 Å². The molecule has 0 aliphatic carbocycles. The molecule has 1 saturated heterocycles. The lowest BCUT2D eigenvalue weighted by molar-refractivity contribution is -0.0579. The summed E-state index contributed by atoms with van der Waals surface area (Å²) >= 11 is 0. The number of ether oxygens (including phenoxy) is 3. The van der Waals surface area contributed by atoms with Crippen LogP contribution in [-0.4, -0.2) is 32.5 Å². The van der Waals surface area contributed by atoms with Crippen LogP contribution in [0.15, 0.2) is 23.0 Å². The molecule has 1 rings (SSSR count). The molecule has 0 saturated carbocycles. The number of unbranched alkanes of at least 4 members (excludes halogenated alkanes) is 2. The molecule has 34 heavy (non-hydrogen) atoms. The smallest absolute Gasteiger partial charge is 0.195 e. The third-order valence-corrected chi connectivity index (χ3v) is 6.11. The van der Waals surface area contributed by atoms with Gasteiger partial charge in [0.15, 0.2) is 11.7 Å². The quantitative estimate of drug-likeness (QED) is 0.146. The molecule has 0 spiro atoms. The van der Waals surface area contributed by atoms with Crippen LogP contribution in [0.3, 0.4) is 0 Å². The van der Waals surface area contributed by atoms with Gasteiger partial charge in [-0.05, 0) is 64.4 Å². The Kier molecular flexibility index (Phi) is 23.3. The number of hydrogen-bond donors (Lipinski definition) is 0. The summed E-state index contributed by atoms with van der Waals surface area (Å²) in [6.07, 6.45) is 10.6. The Labute approximate surface area is 210 Å². The second-order valence-electron chi connectivity index (χ2n) is 9.30. The van der Waals surface area contributed by atoms with Crippen molar-refractivity contribution in [2.75, 3.05) is 20.3 Å². The number of rotatable bonds is 13. The summed E-state index contributed by atoms with van der Waals surface area (Å²) in [5.74, 6) is -1.34. The van der Waals surface area contributed by atoms with Gasteiger partial charge in [0.05, 0.1) is 32.5 Å². The Morgan fingerprint density at radius 3 is 2.09 bits per heavy atom. The first kappa shape index (κ1) is 35.2. The van der Waals surface area contributed by atoms with Gasteiger partial charge in [-0.15, -0.1) is 0 Å². The molecule has 0 N–H and O–H groups in total. The zero-order valence-corrected chi connectivity index (χ0v) is 24.1. The molecule has 1 heterocycles. The van der Waals surface area contributed by atoms with Crippen molar-refractivity contribution in [1.29, 1.82) is 0 Å². The third-order valence-electron chi connectivity index (χ3n) is 6.11. The fraction of sp³-hybridized carbons (Fsp3) is 0.862. The summed E-state index contributed by atoms with van der Waals surface area (Å²) in [5.41, 5.74) is 0.417. The Morgan fingerprint density at radius 1 is 0.971 bits per heavy atom. The van der Waals surface area contributed by atoms with Crippen molar-refractivity contribution in [1.82, 2.24) is 0 Å². The number of hydrogen-bond acceptors (Lipinski definition) is 3. The highest BCUT2D eigenvalue weighted by molar-refractivity contribution is 5.27. The molecule has 1 aliphatic heterocycles. The summed E-state index contributed by atoms with van der Waals surface area (Å²) in [6.45, 7) is 19.0. The van der Waals surface area contributed by atoms with Crippen LogP contribution in [-0.2, 0) is 14.2 Å². The zero-order chi connectivity index (χ0) is 26.5. The molecule has 5 heteroatoms. The minimum absolute atomic E-state index is 0.0342.